The maximum Gasteiger partial charge on any atom is 0.242 e. The molecule has 0 fully saturated rings. The Morgan fingerprint density at radius 2 is 1.61 bits per heavy atom. The largest absolute Gasteiger partial charge is 0.357 e. The van der Waals surface area contributed by atoms with Gasteiger partial charge in [-0.25, -0.2) is 0 Å². The van der Waals surface area contributed by atoms with Crippen LogP contribution in [0.25, 0.3) is 0 Å². The number of nitrogens with one attached hydrogen (secondary N) is 1. The molecule has 33 heavy (non-hydrogen) atoms. The summed E-state index contributed by atoms with van der Waals surface area (Å²) in [4.78, 5) is 28.3. The zero-order chi connectivity index (χ0) is 24.0. The van der Waals surface area contributed by atoms with Gasteiger partial charge in [-0.05, 0) is 42.7 Å². The van der Waals surface area contributed by atoms with Gasteiger partial charge in [0, 0.05) is 35.6 Å². The van der Waals surface area contributed by atoms with Crippen LogP contribution >= 0.6 is 23.2 Å². The normalized spacial score (nSPS) is 11.7. The molecule has 1 N–H and O–H groups in total. The zero-order valence-electron chi connectivity index (χ0n) is 19.1. The number of hydrogen-bond acceptors (Lipinski definition) is 2. The minimum Gasteiger partial charge on any atom is -0.357 e. The van der Waals surface area contributed by atoms with E-state index in [4.69, 9.17) is 23.2 Å². The van der Waals surface area contributed by atoms with Crippen molar-refractivity contribution in [3.8, 4) is 0 Å². The van der Waals surface area contributed by atoms with Gasteiger partial charge in [0.05, 0.1) is 6.42 Å². The summed E-state index contributed by atoms with van der Waals surface area (Å²) in [5.41, 5.74) is 4.63. The van der Waals surface area contributed by atoms with E-state index in [-0.39, 0.29) is 24.8 Å². The predicted molar refractivity (Wildman–Crippen MR) is 135 cm³/mol. The minimum atomic E-state index is -0.720. The second-order valence-electron chi connectivity index (χ2n) is 8.15. The molecule has 1 atom stereocenters. The van der Waals surface area contributed by atoms with Crippen molar-refractivity contribution in [1.29, 1.82) is 0 Å². The molecule has 0 aliphatic heterocycles. The van der Waals surface area contributed by atoms with Gasteiger partial charge in [0.1, 0.15) is 6.04 Å². The molecular weight excluding hydrogens is 455 g/mol. The van der Waals surface area contributed by atoms with Crippen molar-refractivity contribution < 1.29 is 9.59 Å². The molecular formula is C27H28Cl2N2O2. The molecule has 3 aromatic rings. The molecule has 0 saturated heterocycles. The standard InChI is InChI=1S/C27H28Cl2N2O2/c1-18-12-13-19(2)21(14-18)16-26(32)31(17-22-23(28)10-7-11-24(22)29)25(27(33)30-3)15-20-8-5-4-6-9-20/h4-14,25H,15-17H2,1-3H3,(H,30,33). The predicted octanol–water partition coefficient (Wildman–Crippen LogP) is 5.54. The Bertz CT molecular complexity index is 1110. The second-order valence-corrected chi connectivity index (χ2v) is 8.96. The maximum absolute atomic E-state index is 13.7. The van der Waals surface area contributed by atoms with E-state index in [1.165, 1.54) is 0 Å². The van der Waals surface area contributed by atoms with Crippen LogP contribution in [-0.2, 0) is 29.0 Å². The fraction of sp³-hybridized carbons (Fsp3) is 0.259. The second kappa shape index (κ2) is 11.4. The lowest BCUT2D eigenvalue weighted by Gasteiger charge is -2.32. The van der Waals surface area contributed by atoms with Crippen molar-refractivity contribution in [2.45, 2.75) is 39.3 Å². The first-order chi connectivity index (χ1) is 15.8. The molecule has 0 aliphatic carbocycles. The van der Waals surface area contributed by atoms with Crippen molar-refractivity contribution >= 4 is 35.0 Å². The molecule has 0 bridgehead atoms. The highest BCUT2D eigenvalue weighted by atomic mass is 35.5. The highest BCUT2D eigenvalue weighted by Gasteiger charge is 2.31. The van der Waals surface area contributed by atoms with Gasteiger partial charge in [-0.15, -0.1) is 0 Å². The van der Waals surface area contributed by atoms with Crippen molar-refractivity contribution in [1.82, 2.24) is 10.2 Å². The van der Waals surface area contributed by atoms with Crippen LogP contribution in [0.1, 0.15) is 27.8 Å². The summed E-state index contributed by atoms with van der Waals surface area (Å²) in [6, 6.07) is 20.2. The number of nitrogens with zero attached hydrogens (tertiary/aromatic N) is 1. The quantitative estimate of drug-likeness (QED) is 0.458. The van der Waals surface area contributed by atoms with Gasteiger partial charge in [0.2, 0.25) is 11.8 Å². The van der Waals surface area contributed by atoms with Crippen LogP contribution < -0.4 is 5.32 Å². The van der Waals surface area contributed by atoms with E-state index in [2.05, 4.69) is 5.32 Å². The number of likely N-dealkylation sites (N-methyl/N-ethyl adjacent to an activating group) is 1. The van der Waals surface area contributed by atoms with Gasteiger partial charge in [0.15, 0.2) is 0 Å². The summed E-state index contributed by atoms with van der Waals surface area (Å²) in [6.45, 7) is 4.11. The van der Waals surface area contributed by atoms with Crippen molar-refractivity contribution in [2.75, 3.05) is 7.05 Å². The van der Waals surface area contributed by atoms with E-state index < -0.39 is 6.04 Å². The number of carbonyl (C=O) groups excluding carboxylic acids is 2. The average molecular weight is 483 g/mol. The molecule has 0 heterocycles. The molecule has 0 radical (unpaired) electrons. The highest BCUT2D eigenvalue weighted by molar-refractivity contribution is 6.36. The van der Waals surface area contributed by atoms with Crippen molar-refractivity contribution in [3.63, 3.8) is 0 Å². The van der Waals surface area contributed by atoms with Crippen LogP contribution in [0.3, 0.4) is 0 Å². The third-order valence-corrected chi connectivity index (χ3v) is 6.46. The lowest BCUT2D eigenvalue weighted by atomic mass is 9.99. The van der Waals surface area contributed by atoms with E-state index in [1.807, 2.05) is 62.4 Å². The van der Waals surface area contributed by atoms with E-state index >= 15 is 0 Å². The van der Waals surface area contributed by atoms with Crippen LogP contribution in [-0.4, -0.2) is 29.8 Å². The van der Waals surface area contributed by atoms with E-state index in [9.17, 15) is 9.59 Å². The number of rotatable bonds is 8. The van der Waals surface area contributed by atoms with Crippen LogP contribution in [0.4, 0.5) is 0 Å². The summed E-state index contributed by atoms with van der Waals surface area (Å²) < 4.78 is 0. The van der Waals surface area contributed by atoms with Gasteiger partial charge in [-0.1, -0.05) is 83.4 Å². The first-order valence-corrected chi connectivity index (χ1v) is 11.6. The van der Waals surface area contributed by atoms with E-state index in [0.717, 1.165) is 22.3 Å². The molecule has 0 spiro atoms. The summed E-state index contributed by atoms with van der Waals surface area (Å²) in [7, 11) is 1.58. The maximum atomic E-state index is 13.7. The molecule has 4 nitrogen and oxygen atoms in total. The Morgan fingerprint density at radius 1 is 0.939 bits per heavy atom. The van der Waals surface area contributed by atoms with Gasteiger partial charge in [-0.2, -0.15) is 0 Å². The molecule has 0 aromatic heterocycles. The number of hydrogen-bond donors (Lipinski definition) is 1. The molecule has 0 aliphatic rings. The third-order valence-electron chi connectivity index (χ3n) is 5.75. The Balaban J connectivity index is 2.02. The van der Waals surface area contributed by atoms with Crippen molar-refractivity contribution in [3.05, 3.63) is 105 Å². The van der Waals surface area contributed by atoms with Gasteiger partial charge >= 0.3 is 0 Å². The Labute approximate surface area is 205 Å². The summed E-state index contributed by atoms with van der Waals surface area (Å²) in [6.07, 6.45) is 0.555. The lowest BCUT2D eigenvalue weighted by Crippen LogP contribution is -2.50. The SMILES string of the molecule is CNC(=O)C(Cc1ccccc1)N(Cc1c(Cl)cccc1Cl)C(=O)Cc1cc(C)ccc1C. The third kappa shape index (κ3) is 6.37. The Kier molecular flexibility index (Phi) is 8.54. The fourth-order valence-corrected chi connectivity index (χ4v) is 4.35. The molecule has 3 rings (SSSR count). The van der Waals surface area contributed by atoms with Crippen LogP contribution in [0, 0.1) is 13.8 Å². The van der Waals surface area contributed by atoms with Crippen LogP contribution in [0.15, 0.2) is 66.7 Å². The molecule has 172 valence electrons. The topological polar surface area (TPSA) is 49.4 Å². The monoisotopic (exact) mass is 482 g/mol. The lowest BCUT2D eigenvalue weighted by molar-refractivity contribution is -0.140. The van der Waals surface area contributed by atoms with Crippen LogP contribution in [0.2, 0.25) is 10.0 Å². The number of halogens is 2. The van der Waals surface area contributed by atoms with Gasteiger partial charge < -0.3 is 10.2 Å². The Hall–Kier alpha value is -2.82. The molecule has 1 unspecified atom stereocenters. The summed E-state index contributed by atoms with van der Waals surface area (Å²) in [5.74, 6) is -0.402. The first-order valence-electron chi connectivity index (χ1n) is 10.8. The molecule has 6 heteroatoms. The fourth-order valence-electron chi connectivity index (χ4n) is 3.83. The van der Waals surface area contributed by atoms with Gasteiger partial charge in [-0.3, -0.25) is 9.59 Å². The summed E-state index contributed by atoms with van der Waals surface area (Å²) in [5, 5.41) is 3.64. The molecule has 0 saturated carbocycles. The van der Waals surface area contributed by atoms with Gasteiger partial charge in [0.25, 0.3) is 0 Å². The number of carbonyl (C=O) groups is 2. The highest BCUT2D eigenvalue weighted by Crippen LogP contribution is 2.28. The van der Waals surface area contributed by atoms with E-state index in [0.29, 0.717) is 22.0 Å². The van der Waals surface area contributed by atoms with Crippen molar-refractivity contribution in [2.24, 2.45) is 0 Å². The molecule has 3 aromatic carbocycles. The number of benzene rings is 3. The minimum absolute atomic E-state index is 0.132. The molecule has 2 amide bonds. The number of aryl methyl sites for hydroxylation is 2. The van der Waals surface area contributed by atoms with Crippen LogP contribution in [0.5, 0.6) is 0 Å². The smallest absolute Gasteiger partial charge is 0.242 e. The average Bonchev–Trinajstić information content (AvgIpc) is 2.80. The van der Waals surface area contributed by atoms with E-state index in [1.54, 1.807) is 30.1 Å². The summed E-state index contributed by atoms with van der Waals surface area (Å²) >= 11 is 12.9. The Morgan fingerprint density at radius 3 is 2.24 bits per heavy atom. The zero-order valence-corrected chi connectivity index (χ0v) is 20.6. The number of amides is 2. The first kappa shape index (κ1) is 24.8.